The van der Waals surface area contributed by atoms with Crippen molar-refractivity contribution < 1.29 is 19.5 Å². The molecular formula is C15H16N2O4. The number of carbonyl (C=O) groups excluding carboxylic acids is 2. The Kier molecular flexibility index (Phi) is 3.27. The number of amides is 1. The maximum atomic E-state index is 12.3. The Morgan fingerprint density at radius 2 is 2.24 bits per heavy atom. The number of nitrogens with zero attached hydrogens (tertiary/aromatic N) is 1. The average molecular weight is 288 g/mol. The third kappa shape index (κ3) is 2.55. The highest BCUT2D eigenvalue weighted by atomic mass is 16.5. The van der Waals surface area contributed by atoms with Gasteiger partial charge < -0.3 is 4.74 Å². The summed E-state index contributed by atoms with van der Waals surface area (Å²) in [5.74, 6) is 0.0427. The first-order chi connectivity index (χ1) is 10.0. The topological polar surface area (TPSA) is 78.9 Å². The molecule has 0 aromatic heterocycles. The molecule has 6 nitrogen and oxygen atoms in total. The number of hydroxylamine groups is 1. The number of Topliss-reactive ketones (excluding diaryl/α,β-unsaturated/α-hetero) is 1. The minimum atomic E-state index is -0.619. The smallest absolute Gasteiger partial charge is 0.267 e. The SMILES string of the molecule is CN1CC2(CC(=O)c3cc(C=CC(=O)NO)ccc3O2)C1. The highest BCUT2D eigenvalue weighted by molar-refractivity contribution is 6.01. The predicted octanol–water partition coefficient (Wildman–Crippen LogP) is 0.855. The number of likely N-dealkylation sites (N-methyl/N-ethyl adjacent to an activating group) is 1. The normalized spacial score (nSPS) is 20.0. The second-order valence-corrected chi connectivity index (χ2v) is 5.62. The summed E-state index contributed by atoms with van der Waals surface area (Å²) in [6.07, 6.45) is 3.10. The van der Waals surface area contributed by atoms with E-state index in [1.165, 1.54) is 17.6 Å². The molecule has 1 aromatic rings. The highest BCUT2D eigenvalue weighted by Crippen LogP contribution is 2.38. The summed E-state index contributed by atoms with van der Waals surface area (Å²) in [6, 6.07) is 5.23. The molecule has 21 heavy (non-hydrogen) atoms. The average Bonchev–Trinajstić information content (AvgIpc) is 2.43. The lowest BCUT2D eigenvalue weighted by molar-refractivity contribution is -0.124. The second-order valence-electron chi connectivity index (χ2n) is 5.62. The molecule has 1 spiro atoms. The number of benzene rings is 1. The van der Waals surface area contributed by atoms with Crippen LogP contribution in [0.2, 0.25) is 0 Å². The maximum Gasteiger partial charge on any atom is 0.267 e. The summed E-state index contributed by atoms with van der Waals surface area (Å²) in [5, 5.41) is 8.43. The Bertz CT molecular complexity index is 633. The number of fused-ring (bicyclic) bond motifs is 1. The van der Waals surface area contributed by atoms with Gasteiger partial charge in [-0.25, -0.2) is 5.48 Å². The van der Waals surface area contributed by atoms with Crippen LogP contribution in [-0.2, 0) is 4.79 Å². The van der Waals surface area contributed by atoms with E-state index < -0.39 is 5.91 Å². The van der Waals surface area contributed by atoms with Crippen LogP contribution < -0.4 is 10.2 Å². The molecule has 0 saturated carbocycles. The molecule has 1 amide bonds. The molecule has 3 rings (SSSR count). The summed E-state index contributed by atoms with van der Waals surface area (Å²) in [4.78, 5) is 25.4. The number of rotatable bonds is 2. The number of hydrogen-bond donors (Lipinski definition) is 2. The summed E-state index contributed by atoms with van der Waals surface area (Å²) >= 11 is 0. The lowest BCUT2D eigenvalue weighted by Crippen LogP contribution is -2.65. The quantitative estimate of drug-likeness (QED) is 0.479. The zero-order valence-electron chi connectivity index (χ0n) is 11.6. The third-order valence-corrected chi connectivity index (χ3v) is 3.77. The van der Waals surface area contributed by atoms with Gasteiger partial charge in [0.05, 0.1) is 12.0 Å². The van der Waals surface area contributed by atoms with Crippen LogP contribution in [0.25, 0.3) is 6.08 Å². The van der Waals surface area contributed by atoms with Crippen LogP contribution >= 0.6 is 0 Å². The molecule has 2 heterocycles. The minimum Gasteiger partial charge on any atom is -0.483 e. The number of hydrogen-bond acceptors (Lipinski definition) is 5. The van der Waals surface area contributed by atoms with Gasteiger partial charge in [-0.05, 0) is 30.8 Å². The van der Waals surface area contributed by atoms with E-state index in [4.69, 9.17) is 9.94 Å². The van der Waals surface area contributed by atoms with E-state index in [0.717, 1.165) is 13.1 Å². The summed E-state index contributed by atoms with van der Waals surface area (Å²) in [7, 11) is 1.99. The first-order valence-electron chi connectivity index (χ1n) is 6.68. The Hall–Kier alpha value is -2.18. The van der Waals surface area contributed by atoms with Crippen LogP contribution in [0.1, 0.15) is 22.3 Å². The van der Waals surface area contributed by atoms with E-state index in [-0.39, 0.29) is 11.4 Å². The van der Waals surface area contributed by atoms with E-state index in [1.807, 2.05) is 7.05 Å². The van der Waals surface area contributed by atoms with Crippen molar-refractivity contribution in [3.05, 3.63) is 35.4 Å². The highest BCUT2D eigenvalue weighted by Gasteiger charge is 2.48. The van der Waals surface area contributed by atoms with Crippen molar-refractivity contribution in [1.29, 1.82) is 0 Å². The van der Waals surface area contributed by atoms with E-state index in [0.29, 0.717) is 23.3 Å². The molecule has 6 heteroatoms. The van der Waals surface area contributed by atoms with Crippen molar-refractivity contribution in [2.45, 2.75) is 12.0 Å². The monoisotopic (exact) mass is 288 g/mol. The van der Waals surface area contributed by atoms with Crippen LogP contribution in [0.3, 0.4) is 0 Å². The lowest BCUT2D eigenvalue weighted by atomic mass is 9.84. The van der Waals surface area contributed by atoms with Crippen LogP contribution in [0.15, 0.2) is 24.3 Å². The molecule has 0 unspecified atom stereocenters. The van der Waals surface area contributed by atoms with E-state index in [1.54, 1.807) is 18.2 Å². The first kappa shape index (κ1) is 13.8. The van der Waals surface area contributed by atoms with Crippen LogP contribution in [-0.4, -0.2) is 47.5 Å². The molecule has 0 radical (unpaired) electrons. The Morgan fingerprint density at radius 1 is 1.48 bits per heavy atom. The molecule has 2 aliphatic heterocycles. The summed E-state index contributed by atoms with van der Waals surface area (Å²) < 4.78 is 5.99. The van der Waals surface area contributed by atoms with Gasteiger partial charge in [0.2, 0.25) is 0 Å². The third-order valence-electron chi connectivity index (χ3n) is 3.77. The van der Waals surface area contributed by atoms with Gasteiger partial charge in [-0.1, -0.05) is 6.07 Å². The Balaban J connectivity index is 1.84. The molecule has 2 N–H and O–H groups in total. The van der Waals surface area contributed by atoms with Crippen LogP contribution in [0.5, 0.6) is 5.75 Å². The van der Waals surface area contributed by atoms with Crippen molar-refractivity contribution in [2.24, 2.45) is 0 Å². The van der Waals surface area contributed by atoms with E-state index >= 15 is 0 Å². The fourth-order valence-electron chi connectivity index (χ4n) is 2.94. The summed E-state index contributed by atoms with van der Waals surface area (Å²) in [5.41, 5.74) is 2.39. The molecule has 1 saturated heterocycles. The number of carbonyl (C=O) groups is 2. The minimum absolute atomic E-state index is 0.0613. The maximum absolute atomic E-state index is 12.3. The zero-order valence-corrected chi connectivity index (χ0v) is 11.6. The first-order valence-corrected chi connectivity index (χ1v) is 6.68. The number of ether oxygens (including phenoxy) is 1. The molecule has 110 valence electrons. The fourth-order valence-corrected chi connectivity index (χ4v) is 2.94. The largest absolute Gasteiger partial charge is 0.483 e. The molecule has 0 aliphatic carbocycles. The van der Waals surface area contributed by atoms with Gasteiger partial charge in [-0.15, -0.1) is 0 Å². The van der Waals surface area contributed by atoms with Gasteiger partial charge in [0, 0.05) is 19.2 Å². The van der Waals surface area contributed by atoms with Crippen LogP contribution in [0, 0.1) is 0 Å². The Labute approximate surface area is 122 Å². The lowest BCUT2D eigenvalue weighted by Gasteiger charge is -2.49. The van der Waals surface area contributed by atoms with E-state index in [9.17, 15) is 9.59 Å². The Morgan fingerprint density at radius 3 is 2.90 bits per heavy atom. The molecule has 0 atom stereocenters. The van der Waals surface area contributed by atoms with Crippen molar-refractivity contribution in [1.82, 2.24) is 10.4 Å². The van der Waals surface area contributed by atoms with Gasteiger partial charge >= 0.3 is 0 Å². The van der Waals surface area contributed by atoms with Crippen molar-refractivity contribution in [3.8, 4) is 5.75 Å². The molecule has 1 aromatic carbocycles. The van der Waals surface area contributed by atoms with Gasteiger partial charge in [0.1, 0.15) is 11.4 Å². The second kappa shape index (κ2) is 4.98. The van der Waals surface area contributed by atoms with Gasteiger partial charge in [-0.3, -0.25) is 19.7 Å². The van der Waals surface area contributed by atoms with E-state index in [2.05, 4.69) is 4.90 Å². The van der Waals surface area contributed by atoms with Crippen molar-refractivity contribution in [2.75, 3.05) is 20.1 Å². The number of nitrogens with one attached hydrogen (secondary N) is 1. The molecule has 2 aliphatic rings. The van der Waals surface area contributed by atoms with Gasteiger partial charge in [0.25, 0.3) is 5.91 Å². The van der Waals surface area contributed by atoms with Crippen molar-refractivity contribution in [3.63, 3.8) is 0 Å². The summed E-state index contributed by atoms with van der Waals surface area (Å²) in [6.45, 7) is 1.52. The number of ketones is 1. The van der Waals surface area contributed by atoms with Crippen molar-refractivity contribution >= 4 is 17.8 Å². The number of likely N-dealkylation sites (tertiary alicyclic amines) is 1. The molecular weight excluding hydrogens is 272 g/mol. The predicted molar refractivity (Wildman–Crippen MR) is 75.2 cm³/mol. The molecule has 1 fully saturated rings. The van der Waals surface area contributed by atoms with Gasteiger partial charge in [0.15, 0.2) is 5.78 Å². The molecule has 0 bridgehead atoms. The standard InChI is InChI=1S/C15H16N2O4/c1-17-8-15(9-17)7-12(18)11-6-10(2-4-13(11)21-15)3-5-14(19)16-20/h2-6,20H,7-9H2,1H3,(H,16,19). The zero-order chi connectivity index (χ0) is 15.0. The van der Waals surface area contributed by atoms with Gasteiger partial charge in [-0.2, -0.15) is 0 Å². The fraction of sp³-hybridized carbons (Fsp3) is 0.333. The van der Waals surface area contributed by atoms with Crippen LogP contribution in [0.4, 0.5) is 0 Å².